The number of piperidine rings is 1. The Hall–Kier alpha value is -3.81. The molecule has 0 bridgehead atoms. The van der Waals surface area contributed by atoms with Gasteiger partial charge in [0.15, 0.2) is 11.4 Å². The number of likely N-dealkylation sites (tertiary alicyclic amines) is 1. The summed E-state index contributed by atoms with van der Waals surface area (Å²) in [6.07, 6.45) is 2.77. The van der Waals surface area contributed by atoms with Gasteiger partial charge in [-0.3, -0.25) is 9.36 Å². The lowest BCUT2D eigenvalue weighted by atomic mass is 10.0. The molecular formula is C22H21N5O3. The summed E-state index contributed by atoms with van der Waals surface area (Å²) < 4.78 is 3.29. The molecule has 1 aliphatic rings. The van der Waals surface area contributed by atoms with Crippen LogP contribution in [0.5, 0.6) is 5.75 Å². The Kier molecular flexibility index (Phi) is 4.39. The van der Waals surface area contributed by atoms with E-state index >= 15 is 0 Å². The average molecular weight is 403 g/mol. The van der Waals surface area contributed by atoms with Crippen molar-refractivity contribution < 1.29 is 9.90 Å². The predicted molar refractivity (Wildman–Crippen MR) is 112 cm³/mol. The van der Waals surface area contributed by atoms with Crippen LogP contribution in [0.15, 0.2) is 65.6 Å². The van der Waals surface area contributed by atoms with E-state index in [1.807, 2.05) is 54.6 Å². The summed E-state index contributed by atoms with van der Waals surface area (Å²) in [6.45, 7) is 0.986. The third-order valence-corrected chi connectivity index (χ3v) is 5.66. The highest BCUT2D eigenvalue weighted by molar-refractivity contribution is 5.95. The van der Waals surface area contributed by atoms with Gasteiger partial charge in [-0.2, -0.15) is 5.10 Å². The second-order valence-electron chi connectivity index (χ2n) is 7.48. The number of carbonyl (C=O) groups is 1. The van der Waals surface area contributed by atoms with Gasteiger partial charge in [-0.25, -0.2) is 9.48 Å². The molecule has 5 rings (SSSR count). The fraction of sp³-hybridized carbons (Fsp3) is 0.227. The van der Waals surface area contributed by atoms with E-state index in [2.05, 4.69) is 10.1 Å². The lowest BCUT2D eigenvalue weighted by Crippen LogP contribution is -2.40. The number of aromatic hydroxyl groups is 1. The van der Waals surface area contributed by atoms with Gasteiger partial charge in [-0.1, -0.05) is 30.3 Å². The zero-order chi connectivity index (χ0) is 20.7. The zero-order valence-corrected chi connectivity index (χ0v) is 16.2. The molecule has 0 saturated carbocycles. The highest BCUT2D eigenvalue weighted by Gasteiger charge is 2.29. The van der Waals surface area contributed by atoms with E-state index in [1.54, 1.807) is 9.47 Å². The molecule has 1 amide bonds. The molecule has 8 nitrogen and oxygen atoms in total. The molecular weight excluding hydrogens is 382 g/mol. The molecule has 152 valence electrons. The monoisotopic (exact) mass is 403 g/mol. The second-order valence-corrected chi connectivity index (χ2v) is 7.48. The van der Waals surface area contributed by atoms with Crippen LogP contribution < -0.4 is 5.69 Å². The largest absolute Gasteiger partial charge is 0.504 e. The number of amides is 1. The number of hydrogen-bond acceptors (Lipinski definition) is 4. The Balaban J connectivity index is 1.33. The summed E-state index contributed by atoms with van der Waals surface area (Å²) in [5.74, 6) is -0.439. The third-order valence-electron chi connectivity index (χ3n) is 5.66. The molecule has 1 aliphatic heterocycles. The number of carbonyl (C=O) groups excluding carboxylic acids is 1. The minimum absolute atomic E-state index is 0.0215. The molecule has 2 aromatic carbocycles. The normalized spacial score (nSPS) is 15.0. The number of fused-ring (bicyclic) bond motifs is 1. The summed E-state index contributed by atoms with van der Waals surface area (Å²) in [5, 5.41) is 14.6. The standard InChI is InChI=1S/C22H21N5O3/c28-19-14-26(15-6-2-1-3-7-15)24-20(19)21(29)25-12-10-16(11-13-25)27-18-9-5-4-8-17(18)23-22(27)30/h1-9,14,16,28H,10-13H2,(H,23,30). The Morgan fingerprint density at radius 1 is 1.03 bits per heavy atom. The number of para-hydroxylation sites is 3. The molecule has 8 heteroatoms. The van der Waals surface area contributed by atoms with Gasteiger partial charge in [-0.15, -0.1) is 0 Å². The smallest absolute Gasteiger partial charge is 0.326 e. The minimum Gasteiger partial charge on any atom is -0.504 e. The van der Waals surface area contributed by atoms with Gasteiger partial charge in [0.1, 0.15) is 0 Å². The van der Waals surface area contributed by atoms with E-state index in [-0.39, 0.29) is 29.1 Å². The lowest BCUT2D eigenvalue weighted by molar-refractivity contribution is 0.0685. The van der Waals surface area contributed by atoms with Gasteiger partial charge in [0, 0.05) is 19.1 Å². The molecule has 4 aromatic rings. The van der Waals surface area contributed by atoms with Gasteiger partial charge in [0.2, 0.25) is 0 Å². The highest BCUT2D eigenvalue weighted by Crippen LogP contribution is 2.27. The van der Waals surface area contributed by atoms with Gasteiger partial charge in [0.25, 0.3) is 5.91 Å². The molecule has 1 fully saturated rings. The Morgan fingerprint density at radius 2 is 1.73 bits per heavy atom. The van der Waals surface area contributed by atoms with Crippen LogP contribution in [0.1, 0.15) is 29.4 Å². The molecule has 0 aliphatic carbocycles. The number of aromatic nitrogens is 4. The van der Waals surface area contributed by atoms with Crippen molar-refractivity contribution in [2.45, 2.75) is 18.9 Å². The zero-order valence-electron chi connectivity index (χ0n) is 16.2. The third kappa shape index (κ3) is 3.06. The van der Waals surface area contributed by atoms with Crippen LogP contribution in [0.25, 0.3) is 16.7 Å². The number of aromatic amines is 1. The maximum atomic E-state index is 13.0. The number of rotatable bonds is 3. The van der Waals surface area contributed by atoms with Gasteiger partial charge < -0.3 is 15.0 Å². The summed E-state index contributed by atoms with van der Waals surface area (Å²) >= 11 is 0. The number of imidazole rings is 1. The molecule has 2 N–H and O–H groups in total. The van der Waals surface area contributed by atoms with Crippen molar-refractivity contribution in [3.63, 3.8) is 0 Å². The van der Waals surface area contributed by atoms with Crippen molar-refractivity contribution >= 4 is 16.9 Å². The maximum Gasteiger partial charge on any atom is 0.326 e. The van der Waals surface area contributed by atoms with Crippen LogP contribution in [-0.4, -0.2) is 48.3 Å². The van der Waals surface area contributed by atoms with E-state index in [1.165, 1.54) is 10.9 Å². The quantitative estimate of drug-likeness (QED) is 0.550. The van der Waals surface area contributed by atoms with Crippen LogP contribution >= 0.6 is 0 Å². The predicted octanol–water partition coefficient (Wildman–Crippen LogP) is 2.70. The van der Waals surface area contributed by atoms with Crippen molar-refractivity contribution in [3.8, 4) is 11.4 Å². The lowest BCUT2D eigenvalue weighted by Gasteiger charge is -2.32. The van der Waals surface area contributed by atoms with E-state index in [0.29, 0.717) is 25.9 Å². The van der Waals surface area contributed by atoms with Crippen molar-refractivity contribution in [1.82, 2.24) is 24.2 Å². The molecule has 0 spiro atoms. The van der Waals surface area contributed by atoms with Crippen LogP contribution in [-0.2, 0) is 0 Å². The second kappa shape index (κ2) is 7.22. The minimum atomic E-state index is -0.299. The molecule has 0 radical (unpaired) electrons. The maximum absolute atomic E-state index is 13.0. The fourth-order valence-electron chi connectivity index (χ4n) is 4.14. The van der Waals surface area contributed by atoms with E-state index in [4.69, 9.17) is 0 Å². The van der Waals surface area contributed by atoms with Crippen molar-refractivity contribution in [2.75, 3.05) is 13.1 Å². The van der Waals surface area contributed by atoms with Crippen molar-refractivity contribution in [2.24, 2.45) is 0 Å². The first-order valence-corrected chi connectivity index (χ1v) is 9.94. The van der Waals surface area contributed by atoms with Gasteiger partial charge in [0.05, 0.1) is 22.9 Å². The summed E-state index contributed by atoms with van der Waals surface area (Å²) in [6, 6.07) is 17.0. The van der Waals surface area contributed by atoms with E-state index < -0.39 is 0 Å². The Labute approximate surface area is 172 Å². The molecule has 0 atom stereocenters. The number of nitrogens with one attached hydrogen (secondary N) is 1. The number of hydrogen-bond donors (Lipinski definition) is 2. The number of benzene rings is 2. The van der Waals surface area contributed by atoms with Crippen LogP contribution in [0.2, 0.25) is 0 Å². The molecule has 0 unspecified atom stereocenters. The highest BCUT2D eigenvalue weighted by atomic mass is 16.3. The van der Waals surface area contributed by atoms with E-state index in [9.17, 15) is 14.7 Å². The summed E-state index contributed by atoms with van der Waals surface area (Å²) in [7, 11) is 0. The average Bonchev–Trinajstić information content (AvgIpc) is 3.33. The number of nitrogens with zero attached hydrogens (tertiary/aromatic N) is 4. The topological polar surface area (TPSA) is 96.2 Å². The van der Waals surface area contributed by atoms with Gasteiger partial charge in [-0.05, 0) is 37.1 Å². The molecule has 1 saturated heterocycles. The SMILES string of the molecule is O=C(c1nn(-c2ccccc2)cc1O)N1CCC(n2c(=O)[nH]c3ccccc32)CC1. The van der Waals surface area contributed by atoms with Gasteiger partial charge >= 0.3 is 5.69 Å². The first kappa shape index (κ1) is 18.2. The van der Waals surface area contributed by atoms with Crippen molar-refractivity contribution in [1.29, 1.82) is 0 Å². The van der Waals surface area contributed by atoms with Crippen molar-refractivity contribution in [3.05, 3.63) is 77.0 Å². The Bertz CT molecular complexity index is 1260. The first-order chi connectivity index (χ1) is 14.6. The molecule has 30 heavy (non-hydrogen) atoms. The summed E-state index contributed by atoms with van der Waals surface area (Å²) in [5.41, 5.74) is 2.38. The first-order valence-electron chi connectivity index (χ1n) is 9.94. The fourth-order valence-corrected chi connectivity index (χ4v) is 4.14. The summed E-state index contributed by atoms with van der Waals surface area (Å²) in [4.78, 5) is 30.0. The van der Waals surface area contributed by atoms with E-state index in [0.717, 1.165) is 16.7 Å². The number of H-pyrrole nitrogens is 1. The van der Waals surface area contributed by atoms with Crippen LogP contribution in [0, 0.1) is 0 Å². The molecule has 3 heterocycles. The van der Waals surface area contributed by atoms with Crippen LogP contribution in [0.3, 0.4) is 0 Å². The van der Waals surface area contributed by atoms with Crippen LogP contribution in [0.4, 0.5) is 0 Å². The molecule has 2 aromatic heterocycles. The Morgan fingerprint density at radius 3 is 2.50 bits per heavy atom.